The Morgan fingerprint density at radius 3 is 2.47 bits per heavy atom. The van der Waals surface area contributed by atoms with Crippen LogP contribution < -0.4 is 15.4 Å². The van der Waals surface area contributed by atoms with E-state index in [2.05, 4.69) is 10.6 Å². The van der Waals surface area contributed by atoms with E-state index in [1.54, 1.807) is 29.2 Å². The lowest BCUT2D eigenvalue weighted by molar-refractivity contribution is -0.132. The highest BCUT2D eigenvalue weighted by Gasteiger charge is 2.18. The van der Waals surface area contributed by atoms with Crippen molar-refractivity contribution in [3.05, 3.63) is 60.2 Å². The van der Waals surface area contributed by atoms with Crippen LogP contribution in [0.3, 0.4) is 0 Å². The van der Waals surface area contributed by atoms with Gasteiger partial charge in [0, 0.05) is 37.8 Å². The van der Waals surface area contributed by atoms with Gasteiger partial charge in [0.25, 0.3) is 5.91 Å². The van der Waals surface area contributed by atoms with Gasteiger partial charge in [0.05, 0.1) is 6.42 Å². The first-order valence-electron chi connectivity index (χ1n) is 10.2. The Balaban J connectivity index is 1.37. The quantitative estimate of drug-likeness (QED) is 0.666. The van der Waals surface area contributed by atoms with Crippen molar-refractivity contribution >= 4 is 23.4 Å². The third-order valence-electron chi connectivity index (χ3n) is 4.82. The fraction of sp³-hybridized carbons (Fsp3) is 0.348. The number of likely N-dealkylation sites (tertiary alicyclic amines) is 1. The molecule has 2 aromatic rings. The Morgan fingerprint density at radius 1 is 0.933 bits per heavy atom. The number of anilines is 1. The molecule has 2 aromatic carbocycles. The summed E-state index contributed by atoms with van der Waals surface area (Å²) in [5.74, 6) is 0.178. The standard InChI is InChI=1S/C23H27N3O4/c27-21(11-12-24-22(28)15-18-7-2-1-3-8-18)25-19-9-6-10-20(16-19)30-17-23(29)26-13-4-5-14-26/h1-3,6-10,16H,4-5,11-15,17H2,(H,24,28)(H,25,27). The molecular weight excluding hydrogens is 382 g/mol. The summed E-state index contributed by atoms with van der Waals surface area (Å²) in [6, 6.07) is 16.4. The summed E-state index contributed by atoms with van der Waals surface area (Å²) in [5, 5.41) is 5.53. The molecule has 0 bridgehead atoms. The van der Waals surface area contributed by atoms with Gasteiger partial charge in [-0.25, -0.2) is 0 Å². The molecule has 0 unspecified atom stereocenters. The maximum Gasteiger partial charge on any atom is 0.260 e. The fourth-order valence-corrected chi connectivity index (χ4v) is 3.25. The van der Waals surface area contributed by atoms with Crippen LogP contribution in [0.25, 0.3) is 0 Å². The molecule has 1 heterocycles. The molecule has 3 amide bonds. The number of nitrogens with zero attached hydrogens (tertiary/aromatic N) is 1. The minimum Gasteiger partial charge on any atom is -0.484 e. The van der Waals surface area contributed by atoms with Gasteiger partial charge in [0.1, 0.15) is 5.75 Å². The van der Waals surface area contributed by atoms with Crippen molar-refractivity contribution in [1.82, 2.24) is 10.2 Å². The van der Waals surface area contributed by atoms with Crippen LogP contribution in [0, 0.1) is 0 Å². The summed E-state index contributed by atoms with van der Waals surface area (Å²) in [6.07, 6.45) is 2.54. The highest BCUT2D eigenvalue weighted by molar-refractivity contribution is 5.91. The van der Waals surface area contributed by atoms with Gasteiger partial charge in [0.2, 0.25) is 11.8 Å². The Bertz CT molecular complexity index is 864. The van der Waals surface area contributed by atoms with Crippen LogP contribution in [0.4, 0.5) is 5.69 Å². The van der Waals surface area contributed by atoms with Gasteiger partial charge >= 0.3 is 0 Å². The molecule has 30 heavy (non-hydrogen) atoms. The zero-order chi connectivity index (χ0) is 21.2. The monoisotopic (exact) mass is 409 g/mol. The summed E-state index contributed by atoms with van der Waals surface area (Å²) < 4.78 is 5.57. The minimum absolute atomic E-state index is 0.00908. The third kappa shape index (κ3) is 6.92. The SMILES string of the molecule is O=C(Cc1ccccc1)NCCC(=O)Nc1cccc(OCC(=O)N2CCCC2)c1. The molecule has 0 aromatic heterocycles. The molecule has 0 aliphatic carbocycles. The number of carbonyl (C=O) groups excluding carboxylic acids is 3. The van der Waals surface area contributed by atoms with Gasteiger partial charge in [-0.1, -0.05) is 36.4 Å². The van der Waals surface area contributed by atoms with Gasteiger partial charge in [-0.2, -0.15) is 0 Å². The van der Waals surface area contributed by atoms with Crippen LogP contribution in [0.1, 0.15) is 24.8 Å². The van der Waals surface area contributed by atoms with Crippen molar-refractivity contribution in [1.29, 1.82) is 0 Å². The smallest absolute Gasteiger partial charge is 0.260 e. The number of hydrogen-bond acceptors (Lipinski definition) is 4. The first-order chi connectivity index (χ1) is 14.6. The molecule has 1 aliphatic heterocycles. The van der Waals surface area contributed by atoms with Gasteiger partial charge < -0.3 is 20.3 Å². The van der Waals surface area contributed by atoms with Gasteiger partial charge in [0.15, 0.2) is 6.61 Å². The van der Waals surface area contributed by atoms with Crippen molar-refractivity contribution in [3.63, 3.8) is 0 Å². The van der Waals surface area contributed by atoms with Crippen LogP contribution in [-0.2, 0) is 20.8 Å². The summed E-state index contributed by atoms with van der Waals surface area (Å²) >= 11 is 0. The molecule has 3 rings (SSSR count). The minimum atomic E-state index is -0.208. The number of nitrogens with one attached hydrogen (secondary N) is 2. The molecule has 1 fully saturated rings. The van der Waals surface area contributed by atoms with Crippen LogP contribution in [0.15, 0.2) is 54.6 Å². The maximum atomic E-state index is 12.1. The van der Waals surface area contributed by atoms with Crippen LogP contribution in [0.5, 0.6) is 5.75 Å². The number of carbonyl (C=O) groups is 3. The lowest BCUT2D eigenvalue weighted by Crippen LogP contribution is -2.32. The molecule has 0 radical (unpaired) electrons. The number of ether oxygens (including phenoxy) is 1. The van der Waals surface area contributed by atoms with E-state index >= 15 is 0 Å². The van der Waals surface area contributed by atoms with Gasteiger partial charge in [-0.15, -0.1) is 0 Å². The highest BCUT2D eigenvalue weighted by atomic mass is 16.5. The molecule has 7 heteroatoms. The van der Waals surface area contributed by atoms with Gasteiger partial charge in [-0.3, -0.25) is 14.4 Å². The Labute approximate surface area is 176 Å². The highest BCUT2D eigenvalue weighted by Crippen LogP contribution is 2.18. The van der Waals surface area contributed by atoms with Crippen LogP contribution in [0.2, 0.25) is 0 Å². The molecule has 158 valence electrons. The molecule has 7 nitrogen and oxygen atoms in total. The Kier molecular flexibility index (Phi) is 7.83. The van der Waals surface area contributed by atoms with E-state index in [1.807, 2.05) is 30.3 Å². The van der Waals surface area contributed by atoms with E-state index in [0.717, 1.165) is 31.5 Å². The predicted octanol–water partition coefficient (Wildman–Crippen LogP) is 2.38. The van der Waals surface area contributed by atoms with Crippen molar-refractivity contribution in [2.75, 3.05) is 31.6 Å². The average molecular weight is 409 g/mol. The van der Waals surface area contributed by atoms with E-state index in [1.165, 1.54) is 0 Å². The fourth-order valence-electron chi connectivity index (χ4n) is 3.25. The van der Waals surface area contributed by atoms with Crippen LogP contribution in [-0.4, -0.2) is 48.9 Å². The topological polar surface area (TPSA) is 87.7 Å². The van der Waals surface area contributed by atoms with Crippen LogP contribution >= 0.6 is 0 Å². The first kappa shape index (κ1) is 21.4. The zero-order valence-corrected chi connectivity index (χ0v) is 16.9. The second-order valence-corrected chi connectivity index (χ2v) is 7.21. The number of amides is 3. The lowest BCUT2D eigenvalue weighted by Gasteiger charge is -2.15. The van der Waals surface area contributed by atoms with Crippen molar-refractivity contribution in [3.8, 4) is 5.75 Å². The molecule has 2 N–H and O–H groups in total. The van der Waals surface area contributed by atoms with E-state index in [9.17, 15) is 14.4 Å². The number of rotatable bonds is 9. The Morgan fingerprint density at radius 2 is 1.70 bits per heavy atom. The average Bonchev–Trinajstić information content (AvgIpc) is 3.28. The van der Waals surface area contributed by atoms with E-state index in [-0.39, 0.29) is 43.7 Å². The number of hydrogen-bond donors (Lipinski definition) is 2. The first-order valence-corrected chi connectivity index (χ1v) is 10.2. The Hall–Kier alpha value is -3.35. The molecule has 0 spiro atoms. The summed E-state index contributed by atoms with van der Waals surface area (Å²) in [5.41, 5.74) is 1.52. The second-order valence-electron chi connectivity index (χ2n) is 7.21. The largest absolute Gasteiger partial charge is 0.484 e. The van der Waals surface area contributed by atoms with E-state index in [4.69, 9.17) is 4.74 Å². The van der Waals surface area contributed by atoms with Crippen molar-refractivity contribution in [2.45, 2.75) is 25.7 Å². The zero-order valence-electron chi connectivity index (χ0n) is 16.9. The van der Waals surface area contributed by atoms with Crippen molar-refractivity contribution < 1.29 is 19.1 Å². The third-order valence-corrected chi connectivity index (χ3v) is 4.82. The van der Waals surface area contributed by atoms with Gasteiger partial charge in [-0.05, 0) is 30.5 Å². The van der Waals surface area contributed by atoms with Crippen molar-refractivity contribution in [2.24, 2.45) is 0 Å². The van der Waals surface area contributed by atoms with E-state index in [0.29, 0.717) is 11.4 Å². The molecule has 0 atom stereocenters. The second kappa shape index (κ2) is 11.0. The molecular formula is C23H27N3O4. The number of benzene rings is 2. The van der Waals surface area contributed by atoms with E-state index < -0.39 is 0 Å². The summed E-state index contributed by atoms with van der Waals surface area (Å²) in [4.78, 5) is 37.9. The maximum absolute atomic E-state index is 12.1. The molecule has 1 aliphatic rings. The summed E-state index contributed by atoms with van der Waals surface area (Å²) in [6.45, 7) is 1.84. The predicted molar refractivity (Wildman–Crippen MR) is 114 cm³/mol. The molecule has 0 saturated carbocycles. The summed E-state index contributed by atoms with van der Waals surface area (Å²) in [7, 11) is 0. The molecule has 1 saturated heterocycles. The lowest BCUT2D eigenvalue weighted by atomic mass is 10.1. The normalized spacial score (nSPS) is 13.0.